The van der Waals surface area contributed by atoms with Crippen molar-refractivity contribution in [2.24, 2.45) is 0 Å². The third-order valence-corrected chi connectivity index (χ3v) is 5.88. The molecule has 0 atom stereocenters. The molecule has 0 aliphatic carbocycles. The summed E-state index contributed by atoms with van der Waals surface area (Å²) in [5.41, 5.74) is 7.12. The van der Waals surface area contributed by atoms with Gasteiger partial charge in [0.1, 0.15) is 17.7 Å². The van der Waals surface area contributed by atoms with Crippen LogP contribution in [-0.4, -0.2) is 24.6 Å². The SMILES string of the molecule is Cc1[nH]c2c(-c3ccccc3)c(-c3ccccc3)nn2c(=O)c1-c1ccc2ncncc2c1. The quantitative estimate of drug-likeness (QED) is 0.416. The number of hydrogen-bond acceptors (Lipinski definition) is 4. The monoisotopic (exact) mass is 429 g/mol. The van der Waals surface area contributed by atoms with Crippen LogP contribution in [-0.2, 0) is 0 Å². The number of aryl methyl sites for hydroxylation is 1. The van der Waals surface area contributed by atoms with E-state index in [2.05, 4.69) is 15.0 Å². The standard InChI is InChI=1S/C27H19N5O/c1-17-23(20-12-13-22-21(14-20)15-28-16-29-22)27(33)32-26(30-17)24(18-8-4-2-5-9-18)25(31-32)19-10-6-3-7-11-19/h2-16,30H,1H3. The Morgan fingerprint density at radius 1 is 0.818 bits per heavy atom. The van der Waals surface area contributed by atoms with Crippen molar-refractivity contribution in [3.8, 4) is 33.5 Å². The lowest BCUT2D eigenvalue weighted by atomic mass is 10.0. The molecule has 0 aliphatic rings. The number of fused-ring (bicyclic) bond motifs is 2. The number of aromatic amines is 1. The van der Waals surface area contributed by atoms with E-state index < -0.39 is 0 Å². The molecule has 158 valence electrons. The van der Waals surface area contributed by atoms with E-state index in [1.54, 1.807) is 6.20 Å². The van der Waals surface area contributed by atoms with Crippen LogP contribution in [0.2, 0.25) is 0 Å². The predicted octanol–water partition coefficient (Wildman–Crippen LogP) is 5.28. The molecule has 0 aliphatic heterocycles. The second-order valence-electron chi connectivity index (χ2n) is 7.94. The Bertz CT molecular complexity index is 1690. The number of rotatable bonds is 3. The van der Waals surface area contributed by atoms with Gasteiger partial charge in [0.25, 0.3) is 5.56 Å². The smallest absolute Gasteiger partial charge is 0.282 e. The molecule has 3 aromatic heterocycles. The molecule has 1 N–H and O–H groups in total. The number of nitrogens with zero attached hydrogens (tertiary/aromatic N) is 4. The van der Waals surface area contributed by atoms with Crippen LogP contribution in [0, 0.1) is 6.92 Å². The fraction of sp³-hybridized carbons (Fsp3) is 0.0370. The van der Waals surface area contributed by atoms with Gasteiger partial charge in [-0.1, -0.05) is 66.7 Å². The van der Waals surface area contributed by atoms with Crippen LogP contribution in [0.5, 0.6) is 0 Å². The van der Waals surface area contributed by atoms with Crippen molar-refractivity contribution in [3.63, 3.8) is 0 Å². The lowest BCUT2D eigenvalue weighted by Gasteiger charge is -2.09. The molecule has 0 saturated heterocycles. The average Bonchev–Trinajstić information content (AvgIpc) is 3.24. The molecule has 0 fully saturated rings. The first-order valence-corrected chi connectivity index (χ1v) is 10.7. The summed E-state index contributed by atoms with van der Waals surface area (Å²) in [6.45, 7) is 1.92. The van der Waals surface area contributed by atoms with E-state index in [9.17, 15) is 4.79 Å². The van der Waals surface area contributed by atoms with Crippen molar-refractivity contribution in [3.05, 3.63) is 107 Å². The van der Waals surface area contributed by atoms with Crippen molar-refractivity contribution >= 4 is 16.6 Å². The summed E-state index contributed by atoms with van der Waals surface area (Å²) in [4.78, 5) is 25.6. The van der Waals surface area contributed by atoms with Gasteiger partial charge < -0.3 is 4.98 Å². The van der Waals surface area contributed by atoms with Gasteiger partial charge in [-0.05, 0) is 30.2 Å². The normalized spacial score (nSPS) is 11.3. The Kier molecular flexibility index (Phi) is 4.36. The van der Waals surface area contributed by atoms with Gasteiger partial charge in [-0.3, -0.25) is 4.79 Å². The molecule has 0 radical (unpaired) electrons. The highest BCUT2D eigenvalue weighted by Gasteiger charge is 2.21. The molecule has 0 amide bonds. The number of aromatic nitrogens is 5. The predicted molar refractivity (Wildman–Crippen MR) is 130 cm³/mol. The molecule has 0 spiro atoms. The number of benzene rings is 3. The van der Waals surface area contributed by atoms with Crippen LogP contribution in [0.1, 0.15) is 5.69 Å². The second kappa shape index (κ2) is 7.53. The minimum absolute atomic E-state index is 0.170. The van der Waals surface area contributed by atoms with E-state index in [-0.39, 0.29) is 5.56 Å². The molecule has 6 heteroatoms. The molecule has 6 nitrogen and oxygen atoms in total. The Morgan fingerprint density at radius 2 is 1.55 bits per heavy atom. The first-order chi connectivity index (χ1) is 16.2. The number of H-pyrrole nitrogens is 1. The van der Waals surface area contributed by atoms with Gasteiger partial charge in [-0.25, -0.2) is 9.97 Å². The fourth-order valence-electron chi connectivity index (χ4n) is 4.34. The summed E-state index contributed by atoms with van der Waals surface area (Å²) < 4.78 is 1.48. The van der Waals surface area contributed by atoms with Crippen molar-refractivity contribution in [2.75, 3.05) is 0 Å². The van der Waals surface area contributed by atoms with E-state index >= 15 is 0 Å². The molecule has 6 aromatic rings. The molecule has 3 heterocycles. The molecular weight excluding hydrogens is 410 g/mol. The van der Waals surface area contributed by atoms with E-state index in [0.29, 0.717) is 11.2 Å². The van der Waals surface area contributed by atoms with Gasteiger partial charge >= 0.3 is 0 Å². The maximum Gasteiger partial charge on any atom is 0.282 e. The Morgan fingerprint density at radius 3 is 2.30 bits per heavy atom. The van der Waals surface area contributed by atoms with Crippen molar-refractivity contribution in [2.45, 2.75) is 6.92 Å². The highest BCUT2D eigenvalue weighted by atomic mass is 16.1. The van der Waals surface area contributed by atoms with Crippen molar-refractivity contribution in [1.82, 2.24) is 24.6 Å². The summed E-state index contributed by atoms with van der Waals surface area (Å²) in [6, 6.07) is 25.7. The van der Waals surface area contributed by atoms with Crippen LogP contribution in [0.3, 0.4) is 0 Å². The van der Waals surface area contributed by atoms with E-state index in [0.717, 1.165) is 44.5 Å². The van der Waals surface area contributed by atoms with Crippen LogP contribution < -0.4 is 5.56 Å². The van der Waals surface area contributed by atoms with Crippen LogP contribution in [0.25, 0.3) is 50.1 Å². The molecule has 0 bridgehead atoms. The fourth-order valence-corrected chi connectivity index (χ4v) is 4.34. The Hall–Kier alpha value is -4.58. The number of nitrogens with one attached hydrogen (secondary N) is 1. The topological polar surface area (TPSA) is 75.9 Å². The van der Waals surface area contributed by atoms with Gasteiger partial charge in [0.05, 0.1) is 16.6 Å². The number of hydrogen-bond donors (Lipinski definition) is 1. The first kappa shape index (κ1) is 19.1. The van der Waals surface area contributed by atoms with Gasteiger partial charge in [-0.2, -0.15) is 9.61 Å². The molecular formula is C27H19N5O. The summed E-state index contributed by atoms with van der Waals surface area (Å²) in [5.74, 6) is 0. The summed E-state index contributed by atoms with van der Waals surface area (Å²) in [6.07, 6.45) is 3.27. The lowest BCUT2D eigenvalue weighted by Crippen LogP contribution is -2.19. The zero-order valence-electron chi connectivity index (χ0n) is 17.9. The summed E-state index contributed by atoms with van der Waals surface area (Å²) >= 11 is 0. The second-order valence-corrected chi connectivity index (χ2v) is 7.94. The zero-order valence-corrected chi connectivity index (χ0v) is 17.9. The van der Waals surface area contributed by atoms with Crippen LogP contribution >= 0.6 is 0 Å². The molecule has 0 saturated carbocycles. The van der Waals surface area contributed by atoms with E-state index in [1.165, 1.54) is 10.8 Å². The van der Waals surface area contributed by atoms with Gasteiger partial charge in [0.2, 0.25) is 0 Å². The van der Waals surface area contributed by atoms with Crippen LogP contribution in [0.15, 0.2) is 96.2 Å². The minimum atomic E-state index is -0.170. The van der Waals surface area contributed by atoms with E-state index in [1.807, 2.05) is 85.8 Å². The lowest BCUT2D eigenvalue weighted by molar-refractivity contribution is 0.897. The van der Waals surface area contributed by atoms with Gasteiger partial charge in [-0.15, -0.1) is 0 Å². The largest absolute Gasteiger partial charge is 0.343 e. The van der Waals surface area contributed by atoms with E-state index in [4.69, 9.17) is 5.10 Å². The molecule has 6 rings (SSSR count). The highest BCUT2D eigenvalue weighted by Crippen LogP contribution is 2.34. The van der Waals surface area contributed by atoms with Crippen molar-refractivity contribution < 1.29 is 0 Å². The molecule has 33 heavy (non-hydrogen) atoms. The van der Waals surface area contributed by atoms with Crippen molar-refractivity contribution in [1.29, 1.82) is 0 Å². The minimum Gasteiger partial charge on any atom is -0.343 e. The summed E-state index contributed by atoms with van der Waals surface area (Å²) in [5, 5.41) is 5.68. The van der Waals surface area contributed by atoms with Crippen LogP contribution in [0.4, 0.5) is 0 Å². The molecule has 3 aromatic carbocycles. The summed E-state index contributed by atoms with van der Waals surface area (Å²) in [7, 11) is 0. The Balaban J connectivity index is 1.66. The third kappa shape index (κ3) is 3.11. The zero-order chi connectivity index (χ0) is 22.4. The van der Waals surface area contributed by atoms with Gasteiger partial charge in [0, 0.05) is 22.8 Å². The first-order valence-electron chi connectivity index (χ1n) is 10.7. The maximum absolute atomic E-state index is 13.8. The van der Waals surface area contributed by atoms with Gasteiger partial charge in [0.15, 0.2) is 0 Å². The highest BCUT2D eigenvalue weighted by molar-refractivity contribution is 5.91. The third-order valence-electron chi connectivity index (χ3n) is 5.88. The molecule has 0 unspecified atom stereocenters. The maximum atomic E-state index is 13.8. The Labute approximate surface area is 189 Å². The average molecular weight is 429 g/mol.